The van der Waals surface area contributed by atoms with Crippen LogP contribution in [0.5, 0.6) is 0 Å². The molecule has 17 heavy (non-hydrogen) atoms. The first kappa shape index (κ1) is 13.7. The van der Waals surface area contributed by atoms with Crippen molar-refractivity contribution >= 4 is 12.1 Å². The highest BCUT2D eigenvalue weighted by Gasteiger charge is 2.30. The first-order valence-corrected chi connectivity index (χ1v) is 6.05. The van der Waals surface area contributed by atoms with E-state index in [1.54, 1.807) is 0 Å². The maximum Gasteiger partial charge on any atom is 0.227 e. The molecular weight excluding hydrogens is 212 g/mol. The van der Waals surface area contributed by atoms with Crippen LogP contribution in [0.3, 0.4) is 0 Å². The normalized spacial score (nSPS) is 24.6. The topological polar surface area (TPSA) is 41.5 Å². The van der Waals surface area contributed by atoms with Crippen molar-refractivity contribution in [1.29, 1.82) is 0 Å². The summed E-state index contributed by atoms with van der Waals surface area (Å²) >= 11 is 0. The Bertz CT molecular complexity index is 364. The number of hydrogen-bond acceptors (Lipinski definition) is 2. The number of carbonyl (C=O) groups excluding carboxylic acids is 1. The minimum Gasteiger partial charge on any atom is -0.277 e. The average molecular weight is 234 g/mol. The summed E-state index contributed by atoms with van der Waals surface area (Å²) in [5, 5.41) is 3.89. The summed E-state index contributed by atoms with van der Waals surface area (Å²) in [7, 11) is 0. The van der Waals surface area contributed by atoms with Gasteiger partial charge in [0.15, 0.2) is 0 Å². The molecule has 0 aromatic rings. The van der Waals surface area contributed by atoms with E-state index < -0.39 is 0 Å². The van der Waals surface area contributed by atoms with Crippen molar-refractivity contribution in [1.82, 2.24) is 5.43 Å². The highest BCUT2D eigenvalue weighted by Crippen LogP contribution is 2.41. The first-order valence-electron chi connectivity index (χ1n) is 6.05. The molecular formula is C14H22N2O. The van der Waals surface area contributed by atoms with Crippen LogP contribution in [0.1, 0.15) is 40.5 Å². The van der Waals surface area contributed by atoms with Crippen LogP contribution in [0.15, 0.2) is 28.9 Å². The minimum atomic E-state index is 0.299. The highest BCUT2D eigenvalue weighted by atomic mass is 16.1. The highest BCUT2D eigenvalue weighted by molar-refractivity contribution is 5.93. The zero-order chi connectivity index (χ0) is 12.9. The first-order chi connectivity index (χ1) is 7.97. The van der Waals surface area contributed by atoms with Gasteiger partial charge in [0.2, 0.25) is 6.41 Å². The van der Waals surface area contributed by atoms with E-state index in [9.17, 15) is 4.79 Å². The number of carbonyl (C=O) groups is 1. The number of nitrogens with zero attached hydrogens (tertiary/aromatic N) is 1. The fourth-order valence-corrected chi connectivity index (χ4v) is 2.38. The molecule has 0 aromatic carbocycles. The Kier molecular flexibility index (Phi) is 4.67. The monoisotopic (exact) mass is 234 g/mol. The summed E-state index contributed by atoms with van der Waals surface area (Å²) in [6.45, 7) is 8.66. The molecule has 1 amide bonds. The van der Waals surface area contributed by atoms with Gasteiger partial charge < -0.3 is 0 Å². The van der Waals surface area contributed by atoms with E-state index in [0.717, 1.165) is 5.71 Å². The Morgan fingerprint density at radius 1 is 1.59 bits per heavy atom. The number of allylic oxidation sites excluding steroid dienone is 4. The second-order valence-corrected chi connectivity index (χ2v) is 5.31. The smallest absolute Gasteiger partial charge is 0.227 e. The molecule has 0 radical (unpaired) electrons. The van der Waals surface area contributed by atoms with E-state index in [4.69, 9.17) is 0 Å². The quantitative estimate of drug-likeness (QED) is 0.345. The molecule has 1 aliphatic carbocycles. The Morgan fingerprint density at radius 3 is 2.88 bits per heavy atom. The minimum absolute atomic E-state index is 0.299. The molecule has 1 unspecified atom stereocenters. The molecule has 3 heteroatoms. The van der Waals surface area contributed by atoms with Crippen LogP contribution in [0.2, 0.25) is 0 Å². The summed E-state index contributed by atoms with van der Waals surface area (Å²) in [6.07, 6.45) is 9.44. The number of amides is 1. The molecule has 1 atom stereocenters. The fraction of sp³-hybridized carbons (Fsp3) is 0.571. The van der Waals surface area contributed by atoms with Crippen LogP contribution in [0.4, 0.5) is 0 Å². The van der Waals surface area contributed by atoms with E-state index >= 15 is 0 Å². The third kappa shape index (κ3) is 3.84. The lowest BCUT2D eigenvalue weighted by atomic mass is 9.68. The van der Waals surface area contributed by atoms with Gasteiger partial charge in [-0.3, -0.25) is 4.79 Å². The summed E-state index contributed by atoms with van der Waals surface area (Å²) in [5.41, 5.74) is 4.84. The predicted octanol–water partition coefficient (Wildman–Crippen LogP) is 3.05. The molecule has 0 bridgehead atoms. The van der Waals surface area contributed by atoms with Crippen molar-refractivity contribution in [2.75, 3.05) is 0 Å². The molecule has 0 aromatic heterocycles. The molecule has 0 heterocycles. The van der Waals surface area contributed by atoms with Crippen LogP contribution < -0.4 is 5.43 Å². The van der Waals surface area contributed by atoms with Gasteiger partial charge in [0.1, 0.15) is 0 Å². The Morgan fingerprint density at radius 2 is 2.29 bits per heavy atom. The van der Waals surface area contributed by atoms with Gasteiger partial charge in [-0.05, 0) is 38.2 Å². The number of hydrazone groups is 1. The summed E-state index contributed by atoms with van der Waals surface area (Å²) < 4.78 is 0. The van der Waals surface area contributed by atoms with Gasteiger partial charge in [0.25, 0.3) is 0 Å². The van der Waals surface area contributed by atoms with Crippen molar-refractivity contribution in [2.45, 2.75) is 40.5 Å². The van der Waals surface area contributed by atoms with Crippen molar-refractivity contribution < 1.29 is 4.79 Å². The van der Waals surface area contributed by atoms with Crippen LogP contribution in [-0.2, 0) is 4.79 Å². The van der Waals surface area contributed by atoms with Gasteiger partial charge in [-0.2, -0.15) is 5.10 Å². The van der Waals surface area contributed by atoms with E-state index in [-0.39, 0.29) is 0 Å². The Hall–Kier alpha value is -1.38. The van der Waals surface area contributed by atoms with E-state index in [1.807, 2.05) is 13.0 Å². The largest absolute Gasteiger partial charge is 0.277 e. The second kappa shape index (κ2) is 5.80. The number of hydrogen-bond donors (Lipinski definition) is 1. The lowest BCUT2D eigenvalue weighted by Crippen LogP contribution is -2.26. The molecule has 1 aliphatic rings. The average Bonchev–Trinajstić information content (AvgIpc) is 2.24. The molecule has 94 valence electrons. The number of rotatable bonds is 4. The third-order valence-electron chi connectivity index (χ3n) is 3.41. The van der Waals surface area contributed by atoms with Gasteiger partial charge in [-0.25, -0.2) is 5.43 Å². The second-order valence-electron chi connectivity index (χ2n) is 5.31. The van der Waals surface area contributed by atoms with Crippen molar-refractivity contribution in [3.8, 4) is 0 Å². The lowest BCUT2D eigenvalue weighted by molar-refractivity contribution is -0.109. The lowest BCUT2D eigenvalue weighted by Gasteiger charge is -2.36. The fourth-order valence-electron chi connectivity index (χ4n) is 2.38. The molecule has 0 spiro atoms. The van der Waals surface area contributed by atoms with E-state index in [1.165, 1.54) is 18.4 Å². The van der Waals surface area contributed by atoms with Crippen molar-refractivity contribution in [3.63, 3.8) is 0 Å². The van der Waals surface area contributed by atoms with Gasteiger partial charge in [0.05, 0.1) is 5.71 Å². The zero-order valence-corrected chi connectivity index (χ0v) is 11.2. The van der Waals surface area contributed by atoms with Gasteiger partial charge in [-0.1, -0.05) is 31.6 Å². The summed E-state index contributed by atoms with van der Waals surface area (Å²) in [4.78, 5) is 10.1. The maximum absolute atomic E-state index is 10.1. The maximum atomic E-state index is 10.1. The SMILES string of the molecule is CC1=CCCC(C)(C)C1C=CC(C)=NNC=O. The molecule has 0 saturated carbocycles. The Labute approximate surface area is 104 Å². The Balaban J connectivity index is 2.78. The molecule has 1 N–H and O–H groups in total. The van der Waals surface area contributed by atoms with Crippen LogP contribution in [-0.4, -0.2) is 12.1 Å². The summed E-state index contributed by atoms with van der Waals surface area (Å²) in [6, 6.07) is 0. The molecule has 0 fully saturated rings. The third-order valence-corrected chi connectivity index (χ3v) is 3.41. The van der Waals surface area contributed by atoms with Gasteiger partial charge >= 0.3 is 0 Å². The van der Waals surface area contributed by atoms with Gasteiger partial charge in [0, 0.05) is 5.92 Å². The van der Waals surface area contributed by atoms with Crippen LogP contribution in [0.25, 0.3) is 0 Å². The molecule has 0 aliphatic heterocycles. The predicted molar refractivity (Wildman–Crippen MR) is 71.7 cm³/mol. The van der Waals surface area contributed by atoms with E-state index in [0.29, 0.717) is 17.7 Å². The number of nitrogens with one attached hydrogen (secondary N) is 1. The van der Waals surface area contributed by atoms with Crippen LogP contribution in [0, 0.1) is 11.3 Å². The van der Waals surface area contributed by atoms with E-state index in [2.05, 4.69) is 43.5 Å². The molecule has 0 saturated heterocycles. The standard InChI is InChI=1S/C14H22N2O/c1-11-6-5-9-14(3,4)13(11)8-7-12(2)16-15-10-17/h6-8,10,13H,5,9H2,1-4H3,(H,15,17). The van der Waals surface area contributed by atoms with Crippen LogP contribution >= 0.6 is 0 Å². The summed E-state index contributed by atoms with van der Waals surface area (Å²) in [5.74, 6) is 0.456. The molecule has 1 rings (SSSR count). The zero-order valence-electron chi connectivity index (χ0n) is 11.2. The molecule has 3 nitrogen and oxygen atoms in total. The van der Waals surface area contributed by atoms with Crippen molar-refractivity contribution in [3.05, 3.63) is 23.8 Å². The van der Waals surface area contributed by atoms with Gasteiger partial charge in [-0.15, -0.1) is 0 Å². The van der Waals surface area contributed by atoms with Crippen molar-refractivity contribution in [2.24, 2.45) is 16.4 Å².